The standard InChI is InChI=1S/C20H33N3O5/c1-13-8-9-20(23(13)18(27)28-19(3,4)5)12-22(17(20)26)15(14(2)24)16(25)21-10-6-7-11-21/h13-15,24H,6-12H2,1-5H3/t13-,14+,15-,20?/m0/s1. The van der Waals surface area contributed by atoms with Crippen LogP contribution in [0.4, 0.5) is 4.79 Å². The van der Waals surface area contributed by atoms with Crippen LogP contribution in [0.25, 0.3) is 0 Å². The van der Waals surface area contributed by atoms with Crippen molar-refractivity contribution in [3.8, 4) is 0 Å². The molecular weight excluding hydrogens is 362 g/mol. The molecule has 3 heterocycles. The second kappa shape index (κ2) is 7.21. The minimum absolute atomic E-state index is 0.111. The highest BCUT2D eigenvalue weighted by Crippen LogP contribution is 2.44. The molecule has 0 aliphatic carbocycles. The molecule has 4 atom stereocenters. The number of carbonyl (C=O) groups excluding carboxylic acids is 3. The Morgan fingerprint density at radius 1 is 1.25 bits per heavy atom. The number of amides is 3. The Kier molecular flexibility index (Phi) is 5.38. The van der Waals surface area contributed by atoms with Crippen LogP contribution in [0, 0.1) is 0 Å². The monoisotopic (exact) mass is 395 g/mol. The molecule has 0 saturated carbocycles. The van der Waals surface area contributed by atoms with Gasteiger partial charge in [0.15, 0.2) is 0 Å². The lowest BCUT2D eigenvalue weighted by molar-refractivity contribution is -0.175. The molecule has 8 nitrogen and oxygen atoms in total. The minimum atomic E-state index is -0.969. The van der Waals surface area contributed by atoms with Crippen LogP contribution in [0.15, 0.2) is 0 Å². The van der Waals surface area contributed by atoms with E-state index in [9.17, 15) is 19.5 Å². The fraction of sp³-hybridized carbons (Fsp3) is 0.850. The maximum Gasteiger partial charge on any atom is 0.411 e. The summed E-state index contributed by atoms with van der Waals surface area (Å²) < 4.78 is 5.54. The van der Waals surface area contributed by atoms with Crippen LogP contribution >= 0.6 is 0 Å². The van der Waals surface area contributed by atoms with Crippen molar-refractivity contribution in [2.45, 2.75) is 89.6 Å². The molecule has 1 spiro atoms. The highest BCUT2D eigenvalue weighted by Gasteiger charge is 2.64. The van der Waals surface area contributed by atoms with Gasteiger partial charge in [-0.25, -0.2) is 4.79 Å². The van der Waals surface area contributed by atoms with Crippen molar-refractivity contribution >= 4 is 17.9 Å². The van der Waals surface area contributed by atoms with Crippen molar-refractivity contribution in [3.63, 3.8) is 0 Å². The summed E-state index contributed by atoms with van der Waals surface area (Å²) in [6.45, 7) is 10.4. The van der Waals surface area contributed by atoms with E-state index in [0.29, 0.717) is 25.9 Å². The molecule has 3 fully saturated rings. The highest BCUT2D eigenvalue weighted by molar-refractivity contribution is 6.00. The van der Waals surface area contributed by atoms with Gasteiger partial charge in [0.05, 0.1) is 12.6 Å². The van der Waals surface area contributed by atoms with Crippen molar-refractivity contribution in [2.24, 2.45) is 0 Å². The SMILES string of the molecule is C[C@@H](O)[C@@H](C(=O)N1CCCC1)N1CC2(CC[C@H](C)N2C(=O)OC(C)(C)C)C1=O. The van der Waals surface area contributed by atoms with Gasteiger partial charge in [-0.3, -0.25) is 14.5 Å². The number of carbonyl (C=O) groups is 3. The maximum absolute atomic E-state index is 13.3. The maximum atomic E-state index is 13.3. The summed E-state index contributed by atoms with van der Waals surface area (Å²) in [5, 5.41) is 10.3. The first kappa shape index (κ1) is 20.9. The van der Waals surface area contributed by atoms with Crippen LogP contribution in [0.1, 0.15) is 60.3 Å². The van der Waals surface area contributed by atoms with Gasteiger partial charge in [-0.05, 0) is 60.3 Å². The summed E-state index contributed by atoms with van der Waals surface area (Å²) >= 11 is 0. The van der Waals surface area contributed by atoms with Crippen molar-refractivity contribution in [3.05, 3.63) is 0 Å². The van der Waals surface area contributed by atoms with Crippen LogP contribution in [-0.2, 0) is 14.3 Å². The molecule has 1 N–H and O–H groups in total. The van der Waals surface area contributed by atoms with Gasteiger partial charge in [0.25, 0.3) is 5.91 Å². The van der Waals surface area contributed by atoms with E-state index in [2.05, 4.69) is 0 Å². The van der Waals surface area contributed by atoms with Gasteiger partial charge in [0.1, 0.15) is 17.2 Å². The molecule has 3 rings (SSSR count). The van der Waals surface area contributed by atoms with E-state index in [1.165, 1.54) is 4.90 Å². The van der Waals surface area contributed by atoms with E-state index in [1.807, 2.05) is 6.92 Å². The van der Waals surface area contributed by atoms with Gasteiger partial charge in [0, 0.05) is 19.1 Å². The third kappa shape index (κ3) is 3.47. The van der Waals surface area contributed by atoms with E-state index >= 15 is 0 Å². The van der Waals surface area contributed by atoms with Gasteiger partial charge in [-0.2, -0.15) is 0 Å². The number of likely N-dealkylation sites (tertiary alicyclic amines) is 3. The molecule has 1 unspecified atom stereocenters. The molecule has 8 heteroatoms. The summed E-state index contributed by atoms with van der Waals surface area (Å²) in [6, 6.07) is -1.01. The fourth-order valence-electron chi connectivity index (χ4n) is 4.70. The Balaban J connectivity index is 1.79. The molecule has 0 aromatic rings. The predicted molar refractivity (Wildman–Crippen MR) is 102 cm³/mol. The van der Waals surface area contributed by atoms with E-state index in [0.717, 1.165) is 12.8 Å². The third-order valence-electron chi connectivity index (χ3n) is 6.02. The number of aliphatic hydroxyl groups excluding tert-OH is 1. The van der Waals surface area contributed by atoms with Crippen LogP contribution < -0.4 is 0 Å². The molecule has 0 radical (unpaired) electrons. The molecule has 3 aliphatic heterocycles. The fourth-order valence-corrected chi connectivity index (χ4v) is 4.70. The van der Waals surface area contributed by atoms with Gasteiger partial charge < -0.3 is 19.6 Å². The normalized spacial score (nSPS) is 29.9. The summed E-state index contributed by atoms with van der Waals surface area (Å²) in [4.78, 5) is 43.7. The lowest BCUT2D eigenvalue weighted by Crippen LogP contribution is -2.77. The van der Waals surface area contributed by atoms with Crippen LogP contribution in [0.3, 0.4) is 0 Å². The molecule has 0 bridgehead atoms. The van der Waals surface area contributed by atoms with Crippen molar-refractivity contribution in [1.29, 1.82) is 0 Å². The Morgan fingerprint density at radius 2 is 1.86 bits per heavy atom. The van der Waals surface area contributed by atoms with Crippen LogP contribution in [-0.4, -0.2) is 86.7 Å². The molecule has 28 heavy (non-hydrogen) atoms. The van der Waals surface area contributed by atoms with Gasteiger partial charge >= 0.3 is 6.09 Å². The average Bonchev–Trinajstić information content (AvgIpc) is 3.21. The number of nitrogens with zero attached hydrogens (tertiary/aromatic N) is 3. The minimum Gasteiger partial charge on any atom is -0.444 e. The number of β-lactam (4-membered cyclic amide) rings is 1. The zero-order valence-corrected chi connectivity index (χ0v) is 17.6. The Bertz CT molecular complexity index is 653. The molecular formula is C20H33N3O5. The van der Waals surface area contributed by atoms with E-state index in [1.54, 1.807) is 37.5 Å². The smallest absolute Gasteiger partial charge is 0.411 e. The topological polar surface area (TPSA) is 90.4 Å². The lowest BCUT2D eigenvalue weighted by atomic mass is 9.83. The van der Waals surface area contributed by atoms with E-state index in [4.69, 9.17) is 4.74 Å². The number of ether oxygens (including phenoxy) is 1. The average molecular weight is 396 g/mol. The molecule has 0 aromatic heterocycles. The van der Waals surface area contributed by atoms with Gasteiger partial charge in [-0.15, -0.1) is 0 Å². The molecule has 3 saturated heterocycles. The van der Waals surface area contributed by atoms with Gasteiger partial charge in [0.2, 0.25) is 5.91 Å². The van der Waals surface area contributed by atoms with Crippen molar-refractivity contribution in [1.82, 2.24) is 14.7 Å². The molecule has 3 aliphatic rings. The van der Waals surface area contributed by atoms with Gasteiger partial charge in [-0.1, -0.05) is 0 Å². The molecule has 158 valence electrons. The van der Waals surface area contributed by atoms with Crippen LogP contribution in [0.2, 0.25) is 0 Å². The quantitative estimate of drug-likeness (QED) is 0.729. The number of aliphatic hydroxyl groups is 1. The number of hydrogen-bond acceptors (Lipinski definition) is 5. The molecule has 0 aromatic carbocycles. The summed E-state index contributed by atoms with van der Waals surface area (Å²) in [7, 11) is 0. The number of hydrogen-bond donors (Lipinski definition) is 1. The zero-order valence-electron chi connectivity index (χ0n) is 17.6. The predicted octanol–water partition coefficient (Wildman–Crippen LogP) is 1.36. The van der Waals surface area contributed by atoms with Crippen LogP contribution in [0.5, 0.6) is 0 Å². The second-order valence-electron chi connectivity index (χ2n) is 9.42. The largest absolute Gasteiger partial charge is 0.444 e. The van der Waals surface area contributed by atoms with E-state index < -0.39 is 29.4 Å². The Hall–Kier alpha value is -1.83. The molecule has 3 amide bonds. The third-order valence-corrected chi connectivity index (χ3v) is 6.02. The first-order valence-corrected chi connectivity index (χ1v) is 10.3. The van der Waals surface area contributed by atoms with E-state index in [-0.39, 0.29) is 24.4 Å². The summed E-state index contributed by atoms with van der Waals surface area (Å²) in [6.07, 6.45) is 1.68. The summed E-state index contributed by atoms with van der Waals surface area (Å²) in [5.74, 6) is -0.466. The van der Waals surface area contributed by atoms with Crippen molar-refractivity contribution in [2.75, 3.05) is 19.6 Å². The Morgan fingerprint density at radius 3 is 2.36 bits per heavy atom. The summed E-state index contributed by atoms with van der Waals surface area (Å²) in [5.41, 5.74) is -1.61. The van der Waals surface area contributed by atoms with Crippen molar-refractivity contribution < 1.29 is 24.2 Å². The Labute approximate surface area is 166 Å². The first-order chi connectivity index (χ1) is 13.0. The first-order valence-electron chi connectivity index (χ1n) is 10.3. The highest BCUT2D eigenvalue weighted by atomic mass is 16.6. The second-order valence-corrected chi connectivity index (χ2v) is 9.42. The number of rotatable bonds is 3. The lowest BCUT2D eigenvalue weighted by Gasteiger charge is -2.54. The zero-order chi connectivity index (χ0) is 20.9.